The van der Waals surface area contributed by atoms with E-state index in [0.29, 0.717) is 28.6 Å². The zero-order chi connectivity index (χ0) is 13.1. The summed E-state index contributed by atoms with van der Waals surface area (Å²) in [6.07, 6.45) is 3.23. The SMILES string of the molecule is CN(C(N)=NCCc1cc(Cl)cc(Cl)c1)C1CC1. The van der Waals surface area contributed by atoms with E-state index >= 15 is 0 Å². The topological polar surface area (TPSA) is 41.6 Å². The van der Waals surface area contributed by atoms with Crippen LogP contribution >= 0.6 is 23.2 Å². The quantitative estimate of drug-likeness (QED) is 0.683. The summed E-state index contributed by atoms with van der Waals surface area (Å²) in [5.74, 6) is 0.616. The summed E-state index contributed by atoms with van der Waals surface area (Å²) in [7, 11) is 1.99. The molecule has 1 aromatic rings. The van der Waals surface area contributed by atoms with Gasteiger partial charge in [-0.1, -0.05) is 23.2 Å². The summed E-state index contributed by atoms with van der Waals surface area (Å²) in [5, 5.41) is 1.31. The Morgan fingerprint density at radius 1 is 1.33 bits per heavy atom. The Labute approximate surface area is 118 Å². The number of guanidine groups is 1. The maximum absolute atomic E-state index is 5.94. The first-order valence-corrected chi connectivity index (χ1v) is 6.79. The Hall–Kier alpha value is -0.930. The molecule has 1 saturated carbocycles. The van der Waals surface area contributed by atoms with E-state index in [2.05, 4.69) is 4.99 Å². The van der Waals surface area contributed by atoms with Crippen molar-refractivity contribution in [1.29, 1.82) is 0 Å². The number of aliphatic imine (C=N–C) groups is 1. The van der Waals surface area contributed by atoms with E-state index < -0.39 is 0 Å². The first-order valence-electron chi connectivity index (χ1n) is 6.04. The van der Waals surface area contributed by atoms with E-state index in [1.165, 1.54) is 12.8 Å². The van der Waals surface area contributed by atoms with E-state index in [9.17, 15) is 0 Å². The third-order valence-corrected chi connectivity index (χ3v) is 3.49. The summed E-state index contributed by atoms with van der Waals surface area (Å²) >= 11 is 11.9. The van der Waals surface area contributed by atoms with Gasteiger partial charge in [0.1, 0.15) is 0 Å². The Morgan fingerprint density at radius 3 is 2.50 bits per heavy atom. The molecule has 0 aliphatic heterocycles. The van der Waals surface area contributed by atoms with Gasteiger partial charge in [-0.15, -0.1) is 0 Å². The predicted octanol–water partition coefficient (Wildman–Crippen LogP) is 2.94. The molecule has 0 bridgehead atoms. The van der Waals surface area contributed by atoms with Crippen LogP contribution in [0.2, 0.25) is 10.0 Å². The third-order valence-electron chi connectivity index (χ3n) is 3.05. The molecule has 5 heteroatoms. The Morgan fingerprint density at radius 2 is 1.94 bits per heavy atom. The number of rotatable bonds is 4. The van der Waals surface area contributed by atoms with Crippen molar-refractivity contribution in [3.05, 3.63) is 33.8 Å². The molecule has 1 aromatic carbocycles. The van der Waals surface area contributed by atoms with E-state index in [1.807, 2.05) is 24.1 Å². The lowest BCUT2D eigenvalue weighted by atomic mass is 10.1. The minimum Gasteiger partial charge on any atom is -0.370 e. The van der Waals surface area contributed by atoms with Gasteiger partial charge >= 0.3 is 0 Å². The van der Waals surface area contributed by atoms with Crippen molar-refractivity contribution in [3.63, 3.8) is 0 Å². The molecule has 0 aromatic heterocycles. The monoisotopic (exact) mass is 285 g/mol. The van der Waals surface area contributed by atoms with Crippen molar-refractivity contribution in [2.45, 2.75) is 25.3 Å². The molecular weight excluding hydrogens is 269 g/mol. The fraction of sp³-hybridized carbons (Fsp3) is 0.462. The Bertz CT molecular complexity index is 435. The Balaban J connectivity index is 1.88. The van der Waals surface area contributed by atoms with Gasteiger partial charge < -0.3 is 10.6 Å². The van der Waals surface area contributed by atoms with Gasteiger partial charge in [-0.2, -0.15) is 0 Å². The first-order chi connectivity index (χ1) is 8.56. The highest BCUT2D eigenvalue weighted by molar-refractivity contribution is 6.34. The largest absolute Gasteiger partial charge is 0.370 e. The van der Waals surface area contributed by atoms with Gasteiger partial charge in [0.05, 0.1) is 0 Å². The molecule has 2 N–H and O–H groups in total. The molecule has 18 heavy (non-hydrogen) atoms. The van der Waals surface area contributed by atoms with Gasteiger partial charge in [-0.25, -0.2) is 0 Å². The lowest BCUT2D eigenvalue weighted by Crippen LogP contribution is -2.35. The molecule has 0 radical (unpaired) electrons. The molecule has 1 fully saturated rings. The highest BCUT2D eigenvalue weighted by Gasteiger charge is 2.27. The van der Waals surface area contributed by atoms with Crippen molar-refractivity contribution in [2.24, 2.45) is 10.7 Å². The molecule has 0 unspecified atom stereocenters. The van der Waals surface area contributed by atoms with Gasteiger partial charge in [0, 0.05) is 29.7 Å². The van der Waals surface area contributed by atoms with E-state index in [1.54, 1.807) is 6.07 Å². The van der Waals surface area contributed by atoms with Crippen LogP contribution in [0.4, 0.5) is 0 Å². The molecule has 1 aliphatic rings. The van der Waals surface area contributed by atoms with Gasteiger partial charge in [0.2, 0.25) is 0 Å². The summed E-state index contributed by atoms with van der Waals surface area (Å²) in [5.41, 5.74) is 6.99. The van der Waals surface area contributed by atoms with Crippen molar-refractivity contribution in [1.82, 2.24) is 4.90 Å². The van der Waals surface area contributed by atoms with Crippen molar-refractivity contribution < 1.29 is 0 Å². The molecule has 98 valence electrons. The summed E-state index contributed by atoms with van der Waals surface area (Å²) < 4.78 is 0. The van der Waals surface area contributed by atoms with Crippen LogP contribution in [0.15, 0.2) is 23.2 Å². The first kappa shape index (κ1) is 13.5. The second-order valence-electron chi connectivity index (χ2n) is 4.61. The molecule has 0 heterocycles. The average Bonchev–Trinajstić information content (AvgIpc) is 3.10. The molecule has 0 atom stereocenters. The highest BCUT2D eigenvalue weighted by Crippen LogP contribution is 2.25. The van der Waals surface area contributed by atoms with Crippen molar-refractivity contribution in [3.8, 4) is 0 Å². The number of nitrogens with zero attached hydrogens (tertiary/aromatic N) is 2. The van der Waals surface area contributed by atoms with Gasteiger partial charge in [0.15, 0.2) is 5.96 Å². The maximum atomic E-state index is 5.94. The van der Waals surface area contributed by atoms with Gasteiger partial charge in [-0.05, 0) is 43.0 Å². The van der Waals surface area contributed by atoms with Crippen LogP contribution in [0.5, 0.6) is 0 Å². The second-order valence-corrected chi connectivity index (χ2v) is 5.48. The smallest absolute Gasteiger partial charge is 0.191 e. The number of nitrogens with two attached hydrogens (primary N) is 1. The second kappa shape index (κ2) is 5.81. The molecule has 0 spiro atoms. The van der Waals surface area contributed by atoms with Crippen LogP contribution in [-0.4, -0.2) is 30.5 Å². The van der Waals surface area contributed by atoms with Crippen LogP contribution in [0.1, 0.15) is 18.4 Å². The zero-order valence-electron chi connectivity index (χ0n) is 10.4. The van der Waals surface area contributed by atoms with Crippen LogP contribution in [0.3, 0.4) is 0 Å². The van der Waals surface area contributed by atoms with Crippen molar-refractivity contribution >= 4 is 29.2 Å². The summed E-state index contributed by atoms with van der Waals surface area (Å²) in [6, 6.07) is 6.13. The number of hydrogen-bond acceptors (Lipinski definition) is 1. The molecule has 0 amide bonds. The number of halogens is 2. The summed E-state index contributed by atoms with van der Waals surface area (Å²) in [6.45, 7) is 0.652. The van der Waals surface area contributed by atoms with E-state index in [0.717, 1.165) is 12.0 Å². The zero-order valence-corrected chi connectivity index (χ0v) is 11.9. The molecule has 0 saturated heterocycles. The Kier molecular flexibility index (Phi) is 4.36. The average molecular weight is 286 g/mol. The fourth-order valence-corrected chi connectivity index (χ4v) is 2.39. The summed E-state index contributed by atoms with van der Waals surface area (Å²) in [4.78, 5) is 6.42. The van der Waals surface area contributed by atoms with Crippen molar-refractivity contribution in [2.75, 3.05) is 13.6 Å². The highest BCUT2D eigenvalue weighted by atomic mass is 35.5. The lowest BCUT2D eigenvalue weighted by Gasteiger charge is -2.16. The normalized spacial score (nSPS) is 15.8. The molecular formula is C13H17Cl2N3. The minimum atomic E-state index is 0.592. The van der Waals surface area contributed by atoms with Crippen LogP contribution in [-0.2, 0) is 6.42 Å². The van der Waals surface area contributed by atoms with Gasteiger partial charge in [-0.3, -0.25) is 4.99 Å². The fourth-order valence-electron chi connectivity index (χ4n) is 1.82. The number of benzene rings is 1. The standard InChI is InChI=1S/C13H17Cl2N3/c1-18(12-2-3-12)13(16)17-5-4-9-6-10(14)8-11(15)7-9/h6-8,12H,2-5H2,1H3,(H2,16,17). The van der Waals surface area contributed by atoms with E-state index in [-0.39, 0.29) is 0 Å². The predicted molar refractivity (Wildman–Crippen MR) is 77.4 cm³/mol. The molecule has 3 nitrogen and oxygen atoms in total. The van der Waals surface area contributed by atoms with Crippen LogP contribution in [0, 0.1) is 0 Å². The maximum Gasteiger partial charge on any atom is 0.191 e. The molecule has 1 aliphatic carbocycles. The number of hydrogen-bond donors (Lipinski definition) is 1. The molecule has 2 rings (SSSR count). The van der Waals surface area contributed by atoms with Gasteiger partial charge in [0.25, 0.3) is 0 Å². The minimum absolute atomic E-state index is 0.592. The van der Waals surface area contributed by atoms with Crippen LogP contribution < -0.4 is 5.73 Å². The third kappa shape index (κ3) is 3.79. The lowest BCUT2D eigenvalue weighted by molar-refractivity contribution is 0.487. The van der Waals surface area contributed by atoms with E-state index in [4.69, 9.17) is 28.9 Å². The van der Waals surface area contributed by atoms with Crippen LogP contribution in [0.25, 0.3) is 0 Å².